The molecule has 0 aromatic heterocycles. The van der Waals surface area contributed by atoms with Crippen molar-refractivity contribution < 1.29 is 38.2 Å². The average molecular weight is 758 g/mol. The van der Waals surface area contributed by atoms with E-state index in [-0.39, 0.29) is 47.2 Å². The fourth-order valence-electron chi connectivity index (χ4n) is 7.81. The van der Waals surface area contributed by atoms with Gasteiger partial charge < -0.3 is 35.3 Å². The first-order valence-corrected chi connectivity index (χ1v) is 20.4. The van der Waals surface area contributed by atoms with Crippen LogP contribution in [0.2, 0.25) is 0 Å². The number of thioether (sulfide) groups is 2. The average Bonchev–Trinajstić information content (AvgIpc) is 3.42. The van der Waals surface area contributed by atoms with Crippen molar-refractivity contribution in [1.82, 2.24) is 20.4 Å². The molecule has 4 saturated heterocycles. The second-order valence-corrected chi connectivity index (χ2v) is 16.5. The number of nitrogens with one attached hydrogen (secondary N) is 3. The van der Waals surface area contributed by atoms with E-state index in [0.717, 1.165) is 31.2 Å². The number of benzene rings is 1. The molecule has 3 N–H and O–H groups in total. The zero-order valence-corrected chi connectivity index (χ0v) is 31.6. The highest BCUT2D eigenvalue weighted by molar-refractivity contribution is 8.00. The lowest BCUT2D eigenvalue weighted by molar-refractivity contribution is -0.156. The fourth-order valence-corrected chi connectivity index (χ4v) is 10.6. The number of ether oxygens (including phenoxy) is 2. The van der Waals surface area contributed by atoms with Gasteiger partial charge >= 0.3 is 11.9 Å². The summed E-state index contributed by atoms with van der Waals surface area (Å²) in [6.07, 6.45) is 7.25. The number of rotatable bonds is 13. The molecule has 52 heavy (non-hydrogen) atoms. The molecule has 0 radical (unpaired) electrons. The van der Waals surface area contributed by atoms with Gasteiger partial charge in [0.15, 0.2) is 0 Å². The summed E-state index contributed by atoms with van der Waals surface area (Å²) in [6, 6.07) is 6.54. The van der Waals surface area contributed by atoms with Crippen molar-refractivity contribution >= 4 is 65.3 Å². The Morgan fingerprint density at radius 1 is 0.769 bits per heavy atom. The first kappa shape index (κ1) is 39.6. The van der Waals surface area contributed by atoms with E-state index in [1.54, 1.807) is 33.3 Å². The number of hydrogen-bond acceptors (Lipinski definition) is 11. The van der Waals surface area contributed by atoms with Crippen molar-refractivity contribution in [3.63, 3.8) is 0 Å². The van der Waals surface area contributed by atoms with Gasteiger partial charge in [-0.25, -0.2) is 9.59 Å². The van der Waals surface area contributed by atoms with Gasteiger partial charge in [0.05, 0.1) is 25.0 Å². The van der Waals surface area contributed by atoms with Crippen LogP contribution in [0.5, 0.6) is 0 Å². The Morgan fingerprint density at radius 2 is 1.25 bits per heavy atom. The largest absolute Gasteiger partial charge is 0.467 e. The van der Waals surface area contributed by atoms with Crippen LogP contribution in [-0.4, -0.2) is 112 Å². The summed E-state index contributed by atoms with van der Waals surface area (Å²) in [5, 5.41) is 13.5. The third-order valence-corrected chi connectivity index (χ3v) is 13.2. The van der Waals surface area contributed by atoms with Gasteiger partial charge in [0.1, 0.15) is 24.2 Å². The molecule has 0 saturated carbocycles. The van der Waals surface area contributed by atoms with Crippen molar-refractivity contribution in [2.24, 2.45) is 11.8 Å². The predicted octanol–water partition coefficient (Wildman–Crippen LogP) is 3.29. The third kappa shape index (κ3) is 9.49. The number of carbonyl (C=O) groups is 6. The molecule has 4 heterocycles. The number of hydrogen-bond donors (Lipinski definition) is 3. The van der Waals surface area contributed by atoms with Gasteiger partial charge in [0.25, 0.3) is 0 Å². The Morgan fingerprint density at radius 3 is 1.73 bits per heavy atom. The zero-order valence-electron chi connectivity index (χ0n) is 30.0. The van der Waals surface area contributed by atoms with Crippen molar-refractivity contribution in [2.75, 3.05) is 25.7 Å². The normalized spacial score (nSPS) is 27.4. The maximum absolute atomic E-state index is 14.1. The Kier molecular flexibility index (Phi) is 14.4. The number of esters is 2. The number of fused-ring (bicyclic) bond motifs is 2. The Hall–Kier alpha value is -3.59. The van der Waals surface area contributed by atoms with Crippen LogP contribution >= 0.6 is 23.5 Å². The van der Waals surface area contributed by atoms with Crippen molar-refractivity contribution in [3.8, 4) is 0 Å². The van der Waals surface area contributed by atoms with Gasteiger partial charge in [0.2, 0.25) is 23.6 Å². The Labute approximate surface area is 313 Å². The van der Waals surface area contributed by atoms with Crippen LogP contribution in [0.25, 0.3) is 0 Å². The van der Waals surface area contributed by atoms with Crippen LogP contribution in [-0.2, 0) is 44.7 Å². The maximum Gasteiger partial charge on any atom is 0.328 e. The minimum absolute atomic E-state index is 0.127. The summed E-state index contributed by atoms with van der Waals surface area (Å²) in [5.41, 5.74) is 0.929. The Balaban J connectivity index is 1.28. The van der Waals surface area contributed by atoms with Crippen LogP contribution in [0.3, 0.4) is 0 Å². The van der Waals surface area contributed by atoms with Gasteiger partial charge in [-0.1, -0.05) is 30.3 Å². The molecule has 284 valence electrons. The number of amides is 4. The van der Waals surface area contributed by atoms with Crippen molar-refractivity contribution in [2.45, 2.75) is 112 Å². The maximum atomic E-state index is 14.1. The van der Waals surface area contributed by atoms with E-state index in [4.69, 9.17) is 14.9 Å². The highest BCUT2D eigenvalue weighted by atomic mass is 32.2. The van der Waals surface area contributed by atoms with E-state index in [1.165, 1.54) is 20.4 Å². The lowest BCUT2D eigenvalue weighted by Gasteiger charge is -2.40. The molecule has 4 amide bonds. The summed E-state index contributed by atoms with van der Waals surface area (Å²) in [4.78, 5) is 84.1. The summed E-state index contributed by atoms with van der Waals surface area (Å²) >= 11 is 3.23. The van der Waals surface area contributed by atoms with E-state index < -0.39 is 47.9 Å². The first-order valence-electron chi connectivity index (χ1n) is 18.3. The molecule has 4 fully saturated rings. The quantitative estimate of drug-likeness (QED) is 0.200. The second kappa shape index (κ2) is 18.9. The second-order valence-electron chi connectivity index (χ2n) is 13.9. The molecule has 0 unspecified atom stereocenters. The molecule has 0 bridgehead atoms. The van der Waals surface area contributed by atoms with Crippen molar-refractivity contribution in [3.05, 3.63) is 35.9 Å². The number of piperidine rings is 2. The van der Waals surface area contributed by atoms with Gasteiger partial charge in [-0.15, -0.1) is 23.5 Å². The molecular formula is C37H51N5O8S2. The number of carbonyl (C=O) groups excluding carboxylic acids is 6. The monoisotopic (exact) mass is 757 g/mol. The standard InChI is InChI=1S/C37H51N5O8S2/c1-49-36(47)28-10-6-12-30-41(28)34(45)26(17-20-51-30)39-32(43)24(16-19-38)14-15-25(22-23-8-4-3-5-9-23)33(44)40-27-18-21-52-31-13-7-11-29(37(48)50-2)42(31)35(27)46/h3-5,8-9,19,24-31,38H,6-7,10-18,20-22H2,1-2H3,(H,39,43)(H,40,44)/t24-,25-,26+,27+,28+,29+,30+,31+/m1/s1. The lowest BCUT2D eigenvalue weighted by atomic mass is 9.88. The molecule has 0 aliphatic carbocycles. The highest BCUT2D eigenvalue weighted by Crippen LogP contribution is 2.36. The van der Waals surface area contributed by atoms with E-state index in [1.807, 2.05) is 30.3 Å². The molecule has 15 heteroatoms. The molecule has 1 aromatic carbocycles. The molecular weight excluding hydrogens is 707 g/mol. The number of methoxy groups -OCH3 is 2. The summed E-state index contributed by atoms with van der Waals surface area (Å²) < 4.78 is 10.0. The van der Waals surface area contributed by atoms with Gasteiger partial charge in [0, 0.05) is 11.8 Å². The molecule has 1 aromatic rings. The van der Waals surface area contributed by atoms with Gasteiger partial charge in [-0.05, 0) is 100 Å². The molecule has 13 nitrogen and oxygen atoms in total. The van der Waals surface area contributed by atoms with Gasteiger partial charge in [-0.2, -0.15) is 0 Å². The van der Waals surface area contributed by atoms with Crippen LogP contribution in [0.1, 0.15) is 76.2 Å². The van der Waals surface area contributed by atoms with Crippen molar-refractivity contribution in [1.29, 1.82) is 5.41 Å². The predicted molar refractivity (Wildman–Crippen MR) is 198 cm³/mol. The van der Waals surface area contributed by atoms with E-state index in [2.05, 4.69) is 10.6 Å². The topological polar surface area (TPSA) is 175 Å². The summed E-state index contributed by atoms with van der Waals surface area (Å²) in [5.74, 6) is -2.17. The lowest BCUT2D eigenvalue weighted by Crippen LogP contribution is -2.58. The molecule has 4 aliphatic rings. The minimum atomic E-state index is -0.821. The molecule has 0 spiro atoms. The first-order chi connectivity index (χ1) is 25.2. The van der Waals surface area contributed by atoms with E-state index in [0.29, 0.717) is 50.0 Å². The molecule has 4 aliphatic heterocycles. The third-order valence-electron chi connectivity index (χ3n) is 10.6. The summed E-state index contributed by atoms with van der Waals surface area (Å²) in [6.45, 7) is 0. The van der Waals surface area contributed by atoms with Crippen LogP contribution in [0, 0.1) is 17.2 Å². The van der Waals surface area contributed by atoms with E-state index in [9.17, 15) is 28.8 Å². The minimum Gasteiger partial charge on any atom is -0.467 e. The summed E-state index contributed by atoms with van der Waals surface area (Å²) in [7, 11) is 2.63. The van der Waals surface area contributed by atoms with Crippen LogP contribution < -0.4 is 10.6 Å². The fraction of sp³-hybridized carbons (Fsp3) is 0.649. The highest BCUT2D eigenvalue weighted by Gasteiger charge is 2.45. The van der Waals surface area contributed by atoms with Crippen LogP contribution in [0.4, 0.5) is 0 Å². The smallest absolute Gasteiger partial charge is 0.328 e. The van der Waals surface area contributed by atoms with Gasteiger partial charge in [-0.3, -0.25) is 19.2 Å². The van der Waals surface area contributed by atoms with Crippen LogP contribution in [0.15, 0.2) is 30.3 Å². The zero-order chi connectivity index (χ0) is 37.2. The SMILES string of the molecule is COC(=O)[C@@H]1CCC[C@@H]2SCC[C@H](NC(=O)[C@H](CC[C@H](CC=N)C(=O)N[C@H]3CCS[C@H]4CCC[C@@H](C(=O)OC)N4C3=O)Cc3ccccc3)C(=O)N21. The number of nitrogens with zero attached hydrogens (tertiary/aromatic N) is 2. The molecule has 8 atom stereocenters. The Bertz CT molecular complexity index is 1470. The molecule has 5 rings (SSSR count). The van der Waals surface area contributed by atoms with E-state index >= 15 is 0 Å².